The first-order valence-corrected chi connectivity index (χ1v) is 9.52. The molecule has 0 fully saturated rings. The lowest BCUT2D eigenvalue weighted by atomic mass is 10.1. The first-order valence-electron chi connectivity index (χ1n) is 7.25. The third kappa shape index (κ3) is 4.69. The molecule has 0 aliphatic heterocycles. The van der Waals surface area contributed by atoms with Gasteiger partial charge in [0.2, 0.25) is 0 Å². The van der Waals surface area contributed by atoms with Crippen molar-refractivity contribution in [3.63, 3.8) is 0 Å². The van der Waals surface area contributed by atoms with E-state index in [-0.39, 0.29) is 10.6 Å². The summed E-state index contributed by atoms with van der Waals surface area (Å²) in [7, 11) is -3.68. The molecule has 1 N–H and O–H groups in total. The fourth-order valence-electron chi connectivity index (χ4n) is 2.36. The van der Waals surface area contributed by atoms with E-state index in [0.717, 1.165) is 24.7 Å². The van der Waals surface area contributed by atoms with Gasteiger partial charge in [0.15, 0.2) is 9.84 Å². The number of sulfone groups is 1. The minimum Gasteiger partial charge on any atom is -0.379 e. The van der Waals surface area contributed by atoms with Crippen LogP contribution in [-0.4, -0.2) is 26.1 Å². The number of benzene rings is 2. The monoisotopic (exact) mass is 368 g/mol. The van der Waals surface area contributed by atoms with Crippen LogP contribution in [0.5, 0.6) is 0 Å². The van der Waals surface area contributed by atoms with Crippen molar-refractivity contribution in [1.82, 2.24) is 0 Å². The first-order chi connectivity index (χ1) is 11.3. The predicted octanol–water partition coefficient (Wildman–Crippen LogP) is 3.70. The van der Waals surface area contributed by atoms with Crippen molar-refractivity contribution >= 4 is 32.8 Å². The number of nitrogens with zero attached hydrogens (tertiary/aromatic N) is 1. The van der Waals surface area contributed by atoms with Gasteiger partial charge in [0.25, 0.3) is 0 Å². The van der Waals surface area contributed by atoms with Gasteiger partial charge in [0.1, 0.15) is 10.6 Å². The molecule has 0 unspecified atom stereocenters. The maximum atomic E-state index is 11.7. The maximum Gasteiger partial charge on any atom is 0.310 e. The number of hydrogen-bond donors (Lipinski definition) is 1. The zero-order valence-electron chi connectivity index (χ0n) is 13.0. The molecule has 0 aliphatic rings. The molecule has 0 amide bonds. The highest BCUT2D eigenvalue weighted by molar-refractivity contribution is 7.90. The lowest BCUT2D eigenvalue weighted by molar-refractivity contribution is -0.386. The van der Waals surface area contributed by atoms with Gasteiger partial charge in [-0.3, -0.25) is 10.1 Å². The van der Waals surface area contributed by atoms with Crippen LogP contribution in [0.25, 0.3) is 0 Å². The summed E-state index contributed by atoms with van der Waals surface area (Å²) in [5.74, 6) is 0. The van der Waals surface area contributed by atoms with Crippen LogP contribution in [0, 0.1) is 10.1 Å². The van der Waals surface area contributed by atoms with E-state index in [4.69, 9.17) is 11.6 Å². The lowest BCUT2D eigenvalue weighted by Crippen LogP contribution is -2.09. The molecule has 0 spiro atoms. The van der Waals surface area contributed by atoms with Crippen molar-refractivity contribution in [2.24, 2.45) is 0 Å². The molecular formula is C16H17ClN2O4S. The molecule has 0 saturated heterocycles. The van der Waals surface area contributed by atoms with Crippen molar-refractivity contribution < 1.29 is 13.3 Å². The number of hydrogen-bond acceptors (Lipinski definition) is 5. The Hall–Kier alpha value is -2.12. The summed E-state index contributed by atoms with van der Waals surface area (Å²) >= 11 is 5.92. The number of nitro groups is 1. The number of halogens is 1. The summed E-state index contributed by atoms with van der Waals surface area (Å²) in [5.41, 5.74) is 0.862. The third-order valence-electron chi connectivity index (χ3n) is 3.43. The summed E-state index contributed by atoms with van der Waals surface area (Å²) in [6.45, 7) is 0.473. The van der Waals surface area contributed by atoms with E-state index in [1.165, 1.54) is 18.2 Å². The van der Waals surface area contributed by atoms with Gasteiger partial charge in [-0.15, -0.1) is 0 Å². The van der Waals surface area contributed by atoms with Gasteiger partial charge < -0.3 is 5.32 Å². The van der Waals surface area contributed by atoms with Crippen LogP contribution in [-0.2, 0) is 16.3 Å². The van der Waals surface area contributed by atoms with Crippen LogP contribution in [0.2, 0.25) is 5.02 Å². The summed E-state index contributed by atoms with van der Waals surface area (Å²) in [6.07, 6.45) is 2.44. The van der Waals surface area contributed by atoms with Gasteiger partial charge in [-0.25, -0.2) is 8.42 Å². The van der Waals surface area contributed by atoms with Crippen LogP contribution >= 0.6 is 11.6 Å². The van der Waals surface area contributed by atoms with Gasteiger partial charge >= 0.3 is 5.69 Å². The molecule has 2 aromatic rings. The highest BCUT2D eigenvalue weighted by Crippen LogP contribution is 2.31. The van der Waals surface area contributed by atoms with Gasteiger partial charge in [0, 0.05) is 17.8 Å². The Morgan fingerprint density at radius 3 is 2.54 bits per heavy atom. The van der Waals surface area contributed by atoms with E-state index >= 15 is 0 Å². The average Bonchev–Trinajstić information content (AvgIpc) is 2.50. The van der Waals surface area contributed by atoms with Gasteiger partial charge in [-0.1, -0.05) is 29.8 Å². The Morgan fingerprint density at radius 1 is 1.21 bits per heavy atom. The zero-order valence-corrected chi connectivity index (χ0v) is 14.6. The summed E-state index contributed by atoms with van der Waals surface area (Å²) in [4.78, 5) is 10.3. The van der Waals surface area contributed by atoms with Crippen molar-refractivity contribution in [1.29, 1.82) is 0 Å². The standard InChI is InChI=1S/C16H17ClN2O4S/c1-24(22,23)15-9-3-8-14(16(15)19(20)21)18-10-4-6-12-5-2-7-13(17)11-12/h2-3,5,7-9,11,18H,4,6,10H2,1H3. The summed E-state index contributed by atoms with van der Waals surface area (Å²) in [5, 5.41) is 14.9. The number of para-hydroxylation sites is 1. The number of nitro benzene ring substituents is 1. The van der Waals surface area contributed by atoms with Gasteiger partial charge in [0.05, 0.1) is 4.92 Å². The van der Waals surface area contributed by atoms with Crippen LogP contribution in [0.1, 0.15) is 12.0 Å². The van der Waals surface area contributed by atoms with Crippen LogP contribution in [0.3, 0.4) is 0 Å². The second kappa shape index (κ2) is 7.63. The Bertz CT molecular complexity index is 853. The molecule has 0 aromatic heterocycles. The average molecular weight is 369 g/mol. The third-order valence-corrected chi connectivity index (χ3v) is 4.79. The second-order valence-electron chi connectivity index (χ2n) is 5.34. The highest BCUT2D eigenvalue weighted by atomic mass is 35.5. The minimum absolute atomic E-state index is 0.203. The summed E-state index contributed by atoms with van der Waals surface area (Å²) < 4.78 is 23.4. The van der Waals surface area contributed by atoms with E-state index in [0.29, 0.717) is 11.6 Å². The minimum atomic E-state index is -3.68. The molecule has 2 aromatic carbocycles. The van der Waals surface area contributed by atoms with E-state index in [1.54, 1.807) is 6.07 Å². The largest absolute Gasteiger partial charge is 0.379 e. The molecule has 24 heavy (non-hydrogen) atoms. The lowest BCUT2D eigenvalue weighted by Gasteiger charge is -2.09. The molecule has 8 heteroatoms. The zero-order chi connectivity index (χ0) is 17.7. The van der Waals surface area contributed by atoms with Crippen molar-refractivity contribution in [2.75, 3.05) is 18.1 Å². The van der Waals surface area contributed by atoms with Gasteiger partial charge in [-0.05, 0) is 42.7 Å². The normalized spacial score (nSPS) is 11.2. The Morgan fingerprint density at radius 2 is 1.92 bits per heavy atom. The van der Waals surface area contributed by atoms with E-state index in [9.17, 15) is 18.5 Å². The Kier molecular flexibility index (Phi) is 5.80. The molecule has 128 valence electrons. The van der Waals surface area contributed by atoms with Crippen LogP contribution in [0.4, 0.5) is 11.4 Å². The predicted molar refractivity (Wildman–Crippen MR) is 94.5 cm³/mol. The van der Waals surface area contributed by atoms with E-state index in [1.807, 2.05) is 18.2 Å². The quantitative estimate of drug-likeness (QED) is 0.457. The second-order valence-corrected chi connectivity index (χ2v) is 7.76. The fourth-order valence-corrected chi connectivity index (χ4v) is 3.43. The molecule has 0 bridgehead atoms. The van der Waals surface area contributed by atoms with Crippen molar-refractivity contribution in [3.8, 4) is 0 Å². The smallest absolute Gasteiger partial charge is 0.310 e. The van der Waals surface area contributed by atoms with Crippen molar-refractivity contribution in [3.05, 3.63) is 63.2 Å². The molecule has 0 radical (unpaired) electrons. The molecule has 0 atom stereocenters. The number of anilines is 1. The molecule has 0 aliphatic carbocycles. The topological polar surface area (TPSA) is 89.3 Å². The van der Waals surface area contributed by atoms with E-state index < -0.39 is 20.4 Å². The van der Waals surface area contributed by atoms with Gasteiger partial charge in [-0.2, -0.15) is 0 Å². The van der Waals surface area contributed by atoms with Crippen LogP contribution in [0.15, 0.2) is 47.4 Å². The molecule has 2 rings (SSSR count). The molecule has 0 saturated carbocycles. The fraction of sp³-hybridized carbons (Fsp3) is 0.250. The molecule has 0 heterocycles. The number of aryl methyl sites for hydroxylation is 1. The first kappa shape index (κ1) is 18.2. The number of rotatable bonds is 7. The van der Waals surface area contributed by atoms with E-state index in [2.05, 4.69) is 5.32 Å². The Balaban J connectivity index is 2.09. The van der Waals surface area contributed by atoms with Crippen LogP contribution < -0.4 is 5.32 Å². The molecule has 6 nitrogen and oxygen atoms in total. The maximum absolute atomic E-state index is 11.7. The molecular weight excluding hydrogens is 352 g/mol. The highest BCUT2D eigenvalue weighted by Gasteiger charge is 2.25. The SMILES string of the molecule is CS(=O)(=O)c1cccc(NCCCc2cccc(Cl)c2)c1[N+](=O)[O-]. The van der Waals surface area contributed by atoms with Crippen molar-refractivity contribution in [2.45, 2.75) is 17.7 Å². The Labute approximate surface area is 145 Å². The summed E-state index contributed by atoms with van der Waals surface area (Å²) in [6, 6.07) is 11.7. The number of nitrogens with one attached hydrogen (secondary N) is 1.